The predicted molar refractivity (Wildman–Crippen MR) is 114 cm³/mol. The number of nitrogens with one attached hydrogen (secondary N) is 1. The summed E-state index contributed by atoms with van der Waals surface area (Å²) in [5, 5.41) is 13.3. The van der Waals surface area contributed by atoms with Crippen molar-refractivity contribution in [2.45, 2.75) is 25.7 Å². The Morgan fingerprint density at radius 1 is 1.07 bits per heavy atom. The van der Waals surface area contributed by atoms with Gasteiger partial charge in [-0.05, 0) is 48.9 Å². The van der Waals surface area contributed by atoms with Crippen LogP contribution >= 0.6 is 11.3 Å². The van der Waals surface area contributed by atoms with E-state index in [2.05, 4.69) is 49.7 Å². The molecule has 1 aliphatic carbocycles. The van der Waals surface area contributed by atoms with Gasteiger partial charge in [0.2, 0.25) is 5.13 Å². The summed E-state index contributed by atoms with van der Waals surface area (Å²) in [6.45, 7) is 2.17. The smallest absolute Gasteiger partial charge is 0.205 e. The lowest BCUT2D eigenvalue weighted by molar-refractivity contribution is 0.573. The second-order valence-corrected chi connectivity index (χ2v) is 8.12. The van der Waals surface area contributed by atoms with Gasteiger partial charge in [0.1, 0.15) is 10.8 Å². The van der Waals surface area contributed by atoms with E-state index in [1.54, 1.807) is 11.3 Å². The lowest BCUT2D eigenvalue weighted by Crippen LogP contribution is -2.30. The van der Waals surface area contributed by atoms with Crippen LogP contribution in [0.3, 0.4) is 0 Å². The maximum absolute atomic E-state index is 4.91. The van der Waals surface area contributed by atoms with Gasteiger partial charge in [-0.1, -0.05) is 29.5 Å². The third kappa shape index (κ3) is 3.16. The number of nitrogens with zero attached hydrogens (tertiary/aromatic N) is 5. The largest absolute Gasteiger partial charge is 0.363 e. The molecule has 0 amide bonds. The number of allylic oxidation sites excluding steroid dienone is 1. The first-order valence-electron chi connectivity index (χ1n) is 9.75. The van der Waals surface area contributed by atoms with Crippen molar-refractivity contribution < 1.29 is 0 Å². The monoisotopic (exact) mass is 390 g/mol. The molecule has 142 valence electrons. The van der Waals surface area contributed by atoms with E-state index in [0.717, 1.165) is 52.4 Å². The maximum Gasteiger partial charge on any atom is 0.205 e. The number of rotatable bonds is 4. The minimum absolute atomic E-state index is 0.812. The van der Waals surface area contributed by atoms with Crippen LogP contribution in [-0.4, -0.2) is 40.3 Å². The van der Waals surface area contributed by atoms with Crippen molar-refractivity contribution in [1.29, 1.82) is 0 Å². The van der Waals surface area contributed by atoms with Gasteiger partial charge in [0.15, 0.2) is 5.82 Å². The van der Waals surface area contributed by atoms with E-state index >= 15 is 0 Å². The minimum Gasteiger partial charge on any atom is -0.363 e. The SMILES string of the molecule is CNc1nnc(-c2ccc3c(c2)C(c2nccc(N4CCCCC4)n2)=CC3)s1. The Hall–Kier alpha value is -2.80. The van der Waals surface area contributed by atoms with Crippen molar-refractivity contribution in [3.8, 4) is 10.6 Å². The standard InChI is InChI=1S/C21H22N6S/c1-22-21-26-25-20(28-21)15-6-5-14-7-8-16(17(14)13-15)19-23-10-9-18(24-19)27-11-3-2-4-12-27/h5-6,8-10,13H,2-4,7,11-12H2,1H3,(H,22,26). The van der Waals surface area contributed by atoms with Crippen LogP contribution in [0.25, 0.3) is 16.1 Å². The third-order valence-electron chi connectivity index (χ3n) is 5.37. The zero-order valence-corrected chi connectivity index (χ0v) is 16.7. The van der Waals surface area contributed by atoms with Gasteiger partial charge in [-0.25, -0.2) is 9.97 Å². The molecule has 1 N–H and O–H groups in total. The van der Waals surface area contributed by atoms with Crippen molar-refractivity contribution in [2.24, 2.45) is 0 Å². The highest BCUT2D eigenvalue weighted by atomic mass is 32.1. The average molecular weight is 391 g/mol. The summed E-state index contributed by atoms with van der Waals surface area (Å²) in [7, 11) is 1.86. The molecule has 1 aliphatic heterocycles. The zero-order chi connectivity index (χ0) is 18.9. The topological polar surface area (TPSA) is 66.8 Å². The van der Waals surface area contributed by atoms with Gasteiger partial charge < -0.3 is 10.2 Å². The van der Waals surface area contributed by atoms with Gasteiger partial charge in [0.05, 0.1) is 0 Å². The van der Waals surface area contributed by atoms with Crippen molar-refractivity contribution in [3.63, 3.8) is 0 Å². The molecule has 1 fully saturated rings. The van der Waals surface area contributed by atoms with Gasteiger partial charge in [0, 0.05) is 37.5 Å². The first kappa shape index (κ1) is 17.3. The van der Waals surface area contributed by atoms with Crippen LogP contribution in [0.15, 0.2) is 36.5 Å². The van der Waals surface area contributed by atoms with Crippen LogP contribution in [0.4, 0.5) is 10.9 Å². The number of fused-ring (bicyclic) bond motifs is 1. The molecule has 0 unspecified atom stereocenters. The first-order chi connectivity index (χ1) is 13.8. The molecule has 1 saturated heterocycles. The highest BCUT2D eigenvalue weighted by molar-refractivity contribution is 7.18. The Bertz CT molecular complexity index is 1030. The Morgan fingerprint density at radius 2 is 1.96 bits per heavy atom. The fourth-order valence-electron chi connectivity index (χ4n) is 3.89. The van der Waals surface area contributed by atoms with Gasteiger partial charge in [-0.15, -0.1) is 10.2 Å². The molecule has 0 atom stereocenters. The van der Waals surface area contributed by atoms with E-state index < -0.39 is 0 Å². The molecule has 0 bridgehead atoms. The molecule has 0 radical (unpaired) electrons. The van der Waals surface area contributed by atoms with E-state index in [1.165, 1.54) is 30.4 Å². The van der Waals surface area contributed by atoms with Crippen molar-refractivity contribution >= 4 is 27.9 Å². The highest BCUT2D eigenvalue weighted by Crippen LogP contribution is 2.36. The van der Waals surface area contributed by atoms with Crippen LogP contribution < -0.4 is 10.2 Å². The highest BCUT2D eigenvalue weighted by Gasteiger charge is 2.21. The van der Waals surface area contributed by atoms with Gasteiger partial charge in [0.25, 0.3) is 0 Å². The Labute approximate surface area is 168 Å². The number of benzene rings is 1. The summed E-state index contributed by atoms with van der Waals surface area (Å²) < 4.78 is 0. The summed E-state index contributed by atoms with van der Waals surface area (Å²) in [4.78, 5) is 11.9. The minimum atomic E-state index is 0.812. The second kappa shape index (κ2) is 7.31. The van der Waals surface area contributed by atoms with Crippen LogP contribution in [0.2, 0.25) is 0 Å². The van der Waals surface area contributed by atoms with E-state index in [-0.39, 0.29) is 0 Å². The number of hydrogen-bond acceptors (Lipinski definition) is 7. The quantitative estimate of drug-likeness (QED) is 0.726. The lowest BCUT2D eigenvalue weighted by Gasteiger charge is -2.27. The molecular formula is C21H22N6S. The molecule has 2 aromatic heterocycles. The molecule has 6 nitrogen and oxygen atoms in total. The van der Waals surface area contributed by atoms with Gasteiger partial charge >= 0.3 is 0 Å². The lowest BCUT2D eigenvalue weighted by atomic mass is 10.0. The van der Waals surface area contributed by atoms with Crippen LogP contribution in [0, 0.1) is 0 Å². The van der Waals surface area contributed by atoms with E-state index in [9.17, 15) is 0 Å². The zero-order valence-electron chi connectivity index (χ0n) is 15.9. The number of piperidine rings is 1. The number of anilines is 2. The summed E-state index contributed by atoms with van der Waals surface area (Å²) >= 11 is 1.56. The van der Waals surface area contributed by atoms with Crippen LogP contribution in [0.1, 0.15) is 36.2 Å². The fourth-order valence-corrected chi connectivity index (χ4v) is 4.58. The van der Waals surface area contributed by atoms with Gasteiger partial charge in [-0.2, -0.15) is 0 Å². The predicted octanol–water partition coefficient (Wildman–Crippen LogP) is 4.01. The molecular weight excluding hydrogens is 368 g/mol. The first-order valence-corrected chi connectivity index (χ1v) is 10.6. The van der Waals surface area contributed by atoms with Crippen LogP contribution in [0.5, 0.6) is 0 Å². The fraction of sp³-hybridized carbons (Fsp3) is 0.333. The molecule has 28 heavy (non-hydrogen) atoms. The molecule has 5 rings (SSSR count). The summed E-state index contributed by atoms with van der Waals surface area (Å²) in [5.41, 5.74) is 4.71. The number of hydrogen-bond donors (Lipinski definition) is 1. The van der Waals surface area contributed by atoms with Crippen LogP contribution in [-0.2, 0) is 6.42 Å². The Kier molecular flexibility index (Phi) is 4.52. The molecule has 0 saturated carbocycles. The van der Waals surface area contributed by atoms with Crippen molar-refractivity contribution in [3.05, 3.63) is 53.5 Å². The second-order valence-electron chi connectivity index (χ2n) is 7.14. The summed E-state index contributed by atoms with van der Waals surface area (Å²) in [6.07, 6.45) is 8.84. The molecule has 2 aliphatic rings. The van der Waals surface area contributed by atoms with E-state index in [4.69, 9.17) is 4.98 Å². The molecule has 0 spiro atoms. The Morgan fingerprint density at radius 3 is 2.79 bits per heavy atom. The molecule has 3 heterocycles. The summed E-state index contributed by atoms with van der Waals surface area (Å²) in [5.74, 6) is 1.85. The van der Waals surface area contributed by atoms with Crippen molar-refractivity contribution in [1.82, 2.24) is 20.2 Å². The molecule has 1 aromatic carbocycles. The van der Waals surface area contributed by atoms with E-state index in [1.807, 2.05) is 19.3 Å². The average Bonchev–Trinajstić information content (AvgIpc) is 3.41. The molecule has 3 aromatic rings. The van der Waals surface area contributed by atoms with Gasteiger partial charge in [-0.3, -0.25) is 0 Å². The summed E-state index contributed by atoms with van der Waals surface area (Å²) in [6, 6.07) is 8.54. The third-order valence-corrected chi connectivity index (χ3v) is 6.36. The Balaban J connectivity index is 1.48. The maximum atomic E-state index is 4.91. The van der Waals surface area contributed by atoms with E-state index in [0.29, 0.717) is 0 Å². The number of aromatic nitrogens is 4. The van der Waals surface area contributed by atoms with Crippen molar-refractivity contribution in [2.75, 3.05) is 30.4 Å². The molecule has 7 heteroatoms. The normalized spacial score (nSPS) is 16.0.